The average Bonchev–Trinajstić information content (AvgIpc) is 2.93. The van der Waals surface area contributed by atoms with E-state index in [0.717, 1.165) is 5.56 Å². The number of aryl methyl sites for hydroxylation is 1. The van der Waals surface area contributed by atoms with Gasteiger partial charge in [0.1, 0.15) is 18.8 Å². The van der Waals surface area contributed by atoms with Crippen LogP contribution in [0.15, 0.2) is 42.5 Å². The number of hydrogen-bond donors (Lipinski definition) is 0. The zero-order chi connectivity index (χ0) is 34.1. The largest absolute Gasteiger partial charge is 0.463 e. The molecule has 0 N–H and O–H groups in total. The predicted octanol–water partition coefficient (Wildman–Crippen LogP) is 7.46. The van der Waals surface area contributed by atoms with Gasteiger partial charge in [-0.3, -0.25) is 19.2 Å². The topological polar surface area (TPSA) is 105 Å². The highest BCUT2D eigenvalue weighted by atomic mass is 35.5. The van der Waals surface area contributed by atoms with Crippen LogP contribution in [0.4, 0.5) is 0 Å². The molecule has 0 radical (unpaired) electrons. The van der Waals surface area contributed by atoms with E-state index in [4.69, 9.17) is 30.5 Å². The van der Waals surface area contributed by atoms with Crippen LogP contribution in [0.5, 0.6) is 0 Å². The Balaban J connectivity index is 2.14. The maximum Gasteiger partial charge on any atom is 0.311 e. The van der Waals surface area contributed by atoms with Crippen molar-refractivity contribution in [2.45, 2.75) is 101 Å². The van der Waals surface area contributed by atoms with E-state index >= 15 is 0 Å². The second-order valence-electron chi connectivity index (χ2n) is 15.0. The van der Waals surface area contributed by atoms with Gasteiger partial charge in [0.05, 0.1) is 27.4 Å². The molecule has 2 aromatic rings. The summed E-state index contributed by atoms with van der Waals surface area (Å²) in [4.78, 5) is 52.9. The number of halogens is 1. The minimum atomic E-state index is -1.09. The number of benzene rings is 2. The van der Waals surface area contributed by atoms with Gasteiger partial charge in [-0.15, -0.1) is 0 Å². The maximum atomic E-state index is 13.6. The highest BCUT2D eigenvalue weighted by Gasteiger charge is 2.51. The van der Waals surface area contributed by atoms with Crippen molar-refractivity contribution in [1.29, 1.82) is 0 Å². The van der Waals surface area contributed by atoms with Crippen LogP contribution in [0.3, 0.4) is 0 Å². The fourth-order valence-corrected chi connectivity index (χ4v) is 4.77. The van der Waals surface area contributed by atoms with Gasteiger partial charge in [-0.1, -0.05) is 54.4 Å². The molecule has 1 saturated heterocycles. The lowest BCUT2D eigenvalue weighted by atomic mass is 9.84. The van der Waals surface area contributed by atoms with Crippen molar-refractivity contribution in [3.8, 4) is 0 Å². The molecule has 8 nitrogen and oxygen atoms in total. The summed E-state index contributed by atoms with van der Waals surface area (Å²) < 4.78 is 24.4. The molecule has 1 aliphatic heterocycles. The summed E-state index contributed by atoms with van der Waals surface area (Å²) in [5.74, 6) is -2.27. The molecule has 9 heteroatoms. The molecule has 0 aromatic heterocycles. The van der Waals surface area contributed by atoms with Crippen LogP contribution in [0.25, 0.3) is 0 Å². The molecule has 0 aliphatic carbocycles. The van der Waals surface area contributed by atoms with Crippen molar-refractivity contribution in [2.24, 2.45) is 22.2 Å². The van der Waals surface area contributed by atoms with Crippen molar-refractivity contribution >= 4 is 35.3 Å². The third kappa shape index (κ3) is 8.95. The Kier molecular flexibility index (Phi) is 11.0. The summed E-state index contributed by atoms with van der Waals surface area (Å²) in [6.07, 6.45) is -3.79. The van der Waals surface area contributed by atoms with Gasteiger partial charge in [-0.25, -0.2) is 0 Å². The Morgan fingerprint density at radius 2 is 1.27 bits per heavy atom. The van der Waals surface area contributed by atoms with E-state index < -0.39 is 64.5 Å². The van der Waals surface area contributed by atoms with E-state index in [1.165, 1.54) is 0 Å². The zero-order valence-corrected chi connectivity index (χ0v) is 29.0. The second-order valence-corrected chi connectivity index (χ2v) is 15.4. The molecule has 0 amide bonds. The van der Waals surface area contributed by atoms with Gasteiger partial charge >= 0.3 is 17.9 Å². The monoisotopic (exact) mass is 642 g/mol. The third-order valence-electron chi connectivity index (χ3n) is 7.63. The van der Waals surface area contributed by atoms with Gasteiger partial charge in [-0.2, -0.15) is 0 Å². The molecule has 3 rings (SSSR count). The van der Waals surface area contributed by atoms with E-state index in [-0.39, 0.29) is 23.0 Å². The number of rotatable bonds is 7. The van der Waals surface area contributed by atoms with Crippen molar-refractivity contribution in [3.05, 3.63) is 69.7 Å². The smallest absolute Gasteiger partial charge is 0.311 e. The molecule has 1 heterocycles. The molecular weight excluding hydrogens is 596 g/mol. The van der Waals surface area contributed by atoms with Crippen molar-refractivity contribution in [2.75, 3.05) is 6.61 Å². The van der Waals surface area contributed by atoms with Crippen molar-refractivity contribution in [1.82, 2.24) is 0 Å². The summed E-state index contributed by atoms with van der Waals surface area (Å²) in [6.45, 7) is 19.2. The first-order valence-electron chi connectivity index (χ1n) is 15.3. The lowest BCUT2D eigenvalue weighted by Gasteiger charge is -2.45. The lowest BCUT2D eigenvalue weighted by molar-refractivity contribution is -0.239. The van der Waals surface area contributed by atoms with Crippen LogP contribution in [-0.4, -0.2) is 48.6 Å². The third-order valence-corrected chi connectivity index (χ3v) is 7.96. The highest BCUT2D eigenvalue weighted by Crippen LogP contribution is 2.41. The number of ether oxygens (including phenoxy) is 4. The van der Waals surface area contributed by atoms with Crippen LogP contribution in [0.1, 0.15) is 102 Å². The first-order chi connectivity index (χ1) is 20.6. The number of carbonyl (C=O) groups is 4. The summed E-state index contributed by atoms with van der Waals surface area (Å²) in [5.41, 5.74) is -0.294. The number of esters is 3. The van der Waals surface area contributed by atoms with E-state index in [1.54, 1.807) is 99.6 Å². The maximum absolute atomic E-state index is 13.6. The van der Waals surface area contributed by atoms with E-state index in [2.05, 4.69) is 0 Å². The first kappa shape index (κ1) is 36.2. The fourth-order valence-electron chi connectivity index (χ4n) is 4.56. The van der Waals surface area contributed by atoms with Gasteiger partial charge in [0.25, 0.3) is 0 Å². The summed E-state index contributed by atoms with van der Waals surface area (Å²) in [6, 6.07) is 12.0. The Hall–Kier alpha value is -3.23. The van der Waals surface area contributed by atoms with Gasteiger partial charge in [0, 0.05) is 17.0 Å². The van der Waals surface area contributed by atoms with Crippen molar-refractivity contribution < 1.29 is 38.1 Å². The number of hydrogen-bond acceptors (Lipinski definition) is 8. The SMILES string of the molecule is Cc1ccc(C(=O)c2cc([C@@H]3O[C@H](COC(=O)C(C)(C)C)[C@@H](C)[C@H](OC(=O)C(C)(C)C)[C@H]3OC(=O)C(C)(C)C)ccc2Cl)cc1. The predicted molar refractivity (Wildman–Crippen MR) is 172 cm³/mol. The van der Waals surface area contributed by atoms with Gasteiger partial charge in [0.15, 0.2) is 11.9 Å². The summed E-state index contributed by atoms with van der Waals surface area (Å²) >= 11 is 6.54. The second kappa shape index (κ2) is 13.6. The van der Waals surface area contributed by atoms with Crippen LogP contribution in [0.2, 0.25) is 5.02 Å². The van der Waals surface area contributed by atoms with Crippen LogP contribution in [-0.2, 0) is 33.3 Å². The molecule has 45 heavy (non-hydrogen) atoms. The Bertz CT molecular complexity index is 1410. The van der Waals surface area contributed by atoms with Crippen LogP contribution in [0, 0.1) is 29.1 Å². The van der Waals surface area contributed by atoms with Crippen molar-refractivity contribution in [3.63, 3.8) is 0 Å². The van der Waals surface area contributed by atoms with Gasteiger partial charge in [0.2, 0.25) is 0 Å². The molecule has 1 fully saturated rings. The highest BCUT2D eigenvalue weighted by molar-refractivity contribution is 6.35. The lowest BCUT2D eigenvalue weighted by Crippen LogP contribution is -2.55. The molecule has 246 valence electrons. The minimum Gasteiger partial charge on any atom is -0.463 e. The minimum absolute atomic E-state index is 0.125. The molecule has 0 unspecified atom stereocenters. The first-order valence-corrected chi connectivity index (χ1v) is 15.6. The molecule has 0 spiro atoms. The average molecular weight is 643 g/mol. The molecule has 0 bridgehead atoms. The molecule has 1 aliphatic rings. The number of ketones is 1. The van der Waals surface area contributed by atoms with E-state index in [9.17, 15) is 19.2 Å². The van der Waals surface area contributed by atoms with Gasteiger partial charge < -0.3 is 18.9 Å². The Labute approximate surface area is 272 Å². The molecular formula is C36H47ClO8. The zero-order valence-electron chi connectivity index (χ0n) is 28.3. The molecule has 2 aromatic carbocycles. The summed E-state index contributed by atoms with van der Waals surface area (Å²) in [7, 11) is 0. The molecule has 0 saturated carbocycles. The van der Waals surface area contributed by atoms with E-state index in [0.29, 0.717) is 11.1 Å². The number of carbonyl (C=O) groups excluding carboxylic acids is 4. The van der Waals surface area contributed by atoms with E-state index in [1.807, 2.05) is 19.1 Å². The fraction of sp³-hybridized carbons (Fsp3) is 0.556. The normalized spacial score (nSPS) is 22.4. The van der Waals surface area contributed by atoms with Crippen LogP contribution < -0.4 is 0 Å². The Morgan fingerprint density at radius 3 is 1.78 bits per heavy atom. The Morgan fingerprint density at radius 1 is 0.756 bits per heavy atom. The molecule has 5 atom stereocenters. The quantitative estimate of drug-likeness (QED) is 0.174. The van der Waals surface area contributed by atoms with Crippen LogP contribution >= 0.6 is 11.6 Å². The standard InChI is InChI=1S/C36H47ClO8/c1-20-12-14-22(15-13-20)27(38)24-18-23(16-17-25(24)37)29-30(45-33(41)36(9,10)11)28(44-32(40)35(6,7)8)21(2)26(43-29)19-42-31(39)34(3,4)5/h12-18,21,26,28-30H,19H2,1-11H3/t21-,26-,28+,29+,30-/m1/s1. The summed E-state index contributed by atoms with van der Waals surface area (Å²) in [5, 5.41) is 0.239. The van der Waals surface area contributed by atoms with Gasteiger partial charge in [-0.05, 0) is 86.9 Å².